The Balaban J connectivity index is 1.89. The number of carbonyl (C=O) groups excluding carboxylic acids is 2. The lowest BCUT2D eigenvalue weighted by Gasteiger charge is -2.32. The van der Waals surface area contributed by atoms with E-state index < -0.39 is 0 Å². The Labute approximate surface area is 111 Å². The van der Waals surface area contributed by atoms with Crippen LogP contribution in [0.2, 0.25) is 0 Å². The summed E-state index contributed by atoms with van der Waals surface area (Å²) < 4.78 is 5.09. The fraction of sp³-hybridized carbons (Fsp3) is 0.538. The number of rotatable bonds is 3. The summed E-state index contributed by atoms with van der Waals surface area (Å²) in [6.45, 7) is 1.13. The van der Waals surface area contributed by atoms with E-state index in [1.165, 1.54) is 18.4 Å². The van der Waals surface area contributed by atoms with Gasteiger partial charge in [-0.05, 0) is 25.0 Å². The summed E-state index contributed by atoms with van der Waals surface area (Å²) in [5.41, 5.74) is 0. The summed E-state index contributed by atoms with van der Waals surface area (Å²) in [4.78, 5) is 30.6. The molecule has 0 atom stereocenters. The van der Waals surface area contributed by atoms with Gasteiger partial charge in [0.2, 0.25) is 5.91 Å². The average Bonchev–Trinajstić information content (AvgIpc) is 2.99. The lowest BCUT2D eigenvalue weighted by molar-refractivity contribution is -0.174. The Morgan fingerprint density at radius 3 is 2.63 bits per heavy atom. The maximum atomic E-state index is 12.0. The molecular formula is C13H18N2O4. The van der Waals surface area contributed by atoms with Gasteiger partial charge >= 0.3 is 0 Å². The van der Waals surface area contributed by atoms with E-state index in [2.05, 4.69) is 0 Å². The van der Waals surface area contributed by atoms with Gasteiger partial charge in [0, 0.05) is 26.1 Å². The van der Waals surface area contributed by atoms with Crippen LogP contribution in [0.15, 0.2) is 22.8 Å². The molecule has 0 bridgehead atoms. The minimum Gasteiger partial charge on any atom is -0.459 e. The number of furan rings is 1. The van der Waals surface area contributed by atoms with Crippen molar-refractivity contribution in [2.45, 2.75) is 12.8 Å². The standard InChI is InChI=1S/C13H18N2O4/c1-14(18-2)12(16)10-5-7-15(8-6-10)13(17)11-4-3-9-19-11/h3-4,9-10H,5-8H2,1-2H3. The van der Waals surface area contributed by atoms with Gasteiger partial charge < -0.3 is 9.32 Å². The third kappa shape index (κ3) is 2.96. The van der Waals surface area contributed by atoms with Crippen molar-refractivity contribution in [3.8, 4) is 0 Å². The summed E-state index contributed by atoms with van der Waals surface area (Å²) in [5.74, 6) is 0.118. The Hall–Kier alpha value is -1.82. The normalized spacial score (nSPS) is 16.4. The lowest BCUT2D eigenvalue weighted by atomic mass is 9.95. The molecular weight excluding hydrogens is 248 g/mol. The summed E-state index contributed by atoms with van der Waals surface area (Å²) in [5, 5.41) is 1.24. The zero-order valence-corrected chi connectivity index (χ0v) is 11.2. The van der Waals surface area contributed by atoms with Gasteiger partial charge in [-0.25, -0.2) is 5.06 Å². The molecule has 0 N–H and O–H groups in total. The summed E-state index contributed by atoms with van der Waals surface area (Å²) in [6, 6.07) is 3.34. The van der Waals surface area contributed by atoms with Crippen molar-refractivity contribution in [2.24, 2.45) is 5.92 Å². The second-order valence-electron chi connectivity index (χ2n) is 4.56. The first-order valence-corrected chi connectivity index (χ1v) is 6.28. The number of piperidine rings is 1. The van der Waals surface area contributed by atoms with Crippen LogP contribution in [0.3, 0.4) is 0 Å². The smallest absolute Gasteiger partial charge is 0.289 e. The van der Waals surface area contributed by atoms with Gasteiger partial charge in [-0.2, -0.15) is 0 Å². The van der Waals surface area contributed by atoms with Gasteiger partial charge in [0.15, 0.2) is 5.76 Å². The van der Waals surface area contributed by atoms with E-state index >= 15 is 0 Å². The molecule has 0 unspecified atom stereocenters. The second kappa shape index (κ2) is 5.88. The van der Waals surface area contributed by atoms with Gasteiger partial charge in [0.05, 0.1) is 13.4 Å². The number of hydroxylamine groups is 2. The molecule has 1 aromatic rings. The fourth-order valence-corrected chi connectivity index (χ4v) is 2.23. The van der Waals surface area contributed by atoms with E-state index in [9.17, 15) is 9.59 Å². The first kappa shape index (κ1) is 13.6. The lowest BCUT2D eigenvalue weighted by Crippen LogP contribution is -2.43. The summed E-state index contributed by atoms with van der Waals surface area (Å²) in [7, 11) is 3.07. The van der Waals surface area contributed by atoms with Crippen LogP contribution in [-0.2, 0) is 9.63 Å². The number of hydrogen-bond donors (Lipinski definition) is 0. The average molecular weight is 266 g/mol. The molecule has 0 spiro atoms. The van der Waals surface area contributed by atoms with Crippen LogP contribution in [-0.4, -0.2) is 49.0 Å². The molecule has 1 saturated heterocycles. The summed E-state index contributed by atoms with van der Waals surface area (Å²) in [6.07, 6.45) is 2.79. The zero-order valence-electron chi connectivity index (χ0n) is 11.2. The van der Waals surface area contributed by atoms with E-state index in [1.54, 1.807) is 24.1 Å². The highest BCUT2D eigenvalue weighted by Gasteiger charge is 2.30. The third-order valence-corrected chi connectivity index (χ3v) is 3.45. The molecule has 19 heavy (non-hydrogen) atoms. The second-order valence-corrected chi connectivity index (χ2v) is 4.56. The zero-order chi connectivity index (χ0) is 13.8. The first-order chi connectivity index (χ1) is 9.13. The molecule has 0 radical (unpaired) electrons. The molecule has 0 aromatic carbocycles. The molecule has 1 fully saturated rings. The van der Waals surface area contributed by atoms with Gasteiger partial charge in [-0.1, -0.05) is 0 Å². The predicted molar refractivity (Wildman–Crippen MR) is 67.1 cm³/mol. The Kier molecular flexibility index (Phi) is 4.21. The SMILES string of the molecule is CON(C)C(=O)C1CCN(C(=O)c2ccco2)CC1. The number of carbonyl (C=O) groups is 2. The Bertz CT molecular complexity index is 436. The predicted octanol–water partition coefficient (Wildman–Crippen LogP) is 1.15. The van der Waals surface area contributed by atoms with Crippen molar-refractivity contribution in [1.82, 2.24) is 9.96 Å². The highest BCUT2D eigenvalue weighted by molar-refractivity contribution is 5.91. The van der Waals surface area contributed by atoms with E-state index in [4.69, 9.17) is 9.25 Å². The van der Waals surface area contributed by atoms with Crippen molar-refractivity contribution in [3.05, 3.63) is 24.2 Å². The molecule has 2 rings (SSSR count). The minimum absolute atomic E-state index is 0.0346. The van der Waals surface area contributed by atoms with Gasteiger partial charge in [0.25, 0.3) is 5.91 Å². The van der Waals surface area contributed by atoms with Crippen LogP contribution in [0.1, 0.15) is 23.4 Å². The van der Waals surface area contributed by atoms with E-state index in [0.717, 1.165) is 0 Å². The molecule has 2 heterocycles. The molecule has 104 valence electrons. The van der Waals surface area contributed by atoms with Crippen molar-refractivity contribution >= 4 is 11.8 Å². The first-order valence-electron chi connectivity index (χ1n) is 6.28. The topological polar surface area (TPSA) is 63.0 Å². The quantitative estimate of drug-likeness (QED) is 0.770. The van der Waals surface area contributed by atoms with E-state index in [1.807, 2.05) is 0 Å². The molecule has 0 saturated carbocycles. The molecule has 1 aliphatic rings. The minimum atomic E-state index is -0.115. The Morgan fingerprint density at radius 1 is 1.42 bits per heavy atom. The van der Waals surface area contributed by atoms with Crippen molar-refractivity contribution in [2.75, 3.05) is 27.2 Å². The maximum Gasteiger partial charge on any atom is 0.289 e. The summed E-state index contributed by atoms with van der Waals surface area (Å²) >= 11 is 0. The van der Waals surface area contributed by atoms with Crippen LogP contribution in [0.5, 0.6) is 0 Å². The number of hydrogen-bond acceptors (Lipinski definition) is 4. The highest BCUT2D eigenvalue weighted by atomic mass is 16.7. The number of likely N-dealkylation sites (tertiary alicyclic amines) is 1. The van der Waals surface area contributed by atoms with Crippen LogP contribution in [0.4, 0.5) is 0 Å². The van der Waals surface area contributed by atoms with Crippen molar-refractivity contribution in [3.63, 3.8) is 0 Å². The molecule has 1 aromatic heterocycles. The third-order valence-electron chi connectivity index (χ3n) is 3.45. The van der Waals surface area contributed by atoms with Crippen LogP contribution in [0.25, 0.3) is 0 Å². The Morgan fingerprint density at radius 2 is 2.11 bits per heavy atom. The fourth-order valence-electron chi connectivity index (χ4n) is 2.23. The van der Waals surface area contributed by atoms with Crippen LogP contribution >= 0.6 is 0 Å². The van der Waals surface area contributed by atoms with Crippen LogP contribution in [0, 0.1) is 5.92 Å². The molecule has 0 aliphatic carbocycles. The monoisotopic (exact) mass is 266 g/mol. The molecule has 1 aliphatic heterocycles. The molecule has 6 nitrogen and oxygen atoms in total. The number of amides is 2. The highest BCUT2D eigenvalue weighted by Crippen LogP contribution is 2.21. The maximum absolute atomic E-state index is 12.0. The van der Waals surface area contributed by atoms with E-state index in [-0.39, 0.29) is 17.7 Å². The van der Waals surface area contributed by atoms with Crippen LogP contribution < -0.4 is 0 Å². The van der Waals surface area contributed by atoms with Gasteiger partial charge in [0.1, 0.15) is 0 Å². The molecule has 6 heteroatoms. The van der Waals surface area contributed by atoms with E-state index in [0.29, 0.717) is 31.7 Å². The van der Waals surface area contributed by atoms with Crippen molar-refractivity contribution in [1.29, 1.82) is 0 Å². The molecule has 2 amide bonds. The largest absolute Gasteiger partial charge is 0.459 e. The van der Waals surface area contributed by atoms with Crippen molar-refractivity contribution < 1.29 is 18.8 Å². The van der Waals surface area contributed by atoms with Gasteiger partial charge in [-0.3, -0.25) is 14.4 Å². The van der Waals surface area contributed by atoms with Gasteiger partial charge in [-0.15, -0.1) is 0 Å². The number of nitrogens with zero attached hydrogens (tertiary/aromatic N) is 2.